The van der Waals surface area contributed by atoms with Gasteiger partial charge in [0.05, 0.1) is 18.2 Å². The van der Waals surface area contributed by atoms with Gasteiger partial charge in [0.15, 0.2) is 0 Å². The molecule has 4 nitrogen and oxygen atoms in total. The van der Waals surface area contributed by atoms with Crippen LogP contribution in [-0.4, -0.2) is 23.5 Å². The van der Waals surface area contributed by atoms with Gasteiger partial charge in [-0.1, -0.05) is 49.6 Å². The average molecular weight is 374 g/mol. The highest BCUT2D eigenvalue weighted by Gasteiger charge is 2.34. The molecule has 1 fully saturated rings. The van der Waals surface area contributed by atoms with Crippen LogP contribution in [0.1, 0.15) is 48.0 Å². The Morgan fingerprint density at radius 1 is 1.07 bits per heavy atom. The molecule has 3 aromatic rings. The van der Waals surface area contributed by atoms with Crippen molar-refractivity contribution in [2.45, 2.75) is 44.1 Å². The van der Waals surface area contributed by atoms with Crippen molar-refractivity contribution in [2.75, 3.05) is 7.11 Å². The monoisotopic (exact) mass is 374 g/mol. The molecule has 1 aromatic heterocycles. The van der Waals surface area contributed by atoms with Gasteiger partial charge >= 0.3 is 0 Å². The van der Waals surface area contributed by atoms with Crippen molar-refractivity contribution in [1.29, 1.82) is 0 Å². The summed E-state index contributed by atoms with van der Waals surface area (Å²) in [7, 11) is 1.68. The van der Waals surface area contributed by atoms with Crippen LogP contribution in [0.2, 0.25) is 0 Å². The summed E-state index contributed by atoms with van der Waals surface area (Å²) in [5.41, 5.74) is 2.50. The molecule has 144 valence electrons. The SMILES string of the molecule is COc1cccc(CC2(NC(=O)c3cnc4ccccc4c3)CCCCC2)c1. The molecular weight excluding hydrogens is 348 g/mol. The molecule has 1 saturated carbocycles. The minimum Gasteiger partial charge on any atom is -0.497 e. The highest BCUT2D eigenvalue weighted by Crippen LogP contribution is 2.32. The number of fused-ring (bicyclic) bond motifs is 1. The summed E-state index contributed by atoms with van der Waals surface area (Å²) in [6.45, 7) is 0. The Morgan fingerprint density at radius 2 is 1.89 bits per heavy atom. The number of aromatic nitrogens is 1. The summed E-state index contributed by atoms with van der Waals surface area (Å²) in [5.74, 6) is 0.816. The molecule has 0 unspecified atom stereocenters. The van der Waals surface area contributed by atoms with Gasteiger partial charge in [0.2, 0.25) is 0 Å². The standard InChI is InChI=1S/C24H26N2O2/c1-28-21-10-7-8-18(14-21)16-24(12-5-2-6-13-24)26-23(27)20-15-19-9-3-4-11-22(19)25-17-20/h3-4,7-11,14-15,17H,2,5-6,12-13,16H2,1H3,(H,26,27). The minimum atomic E-state index is -0.215. The molecule has 1 aliphatic carbocycles. The van der Waals surface area contributed by atoms with Crippen LogP contribution in [0, 0.1) is 0 Å². The smallest absolute Gasteiger partial charge is 0.253 e. The number of amides is 1. The van der Waals surface area contributed by atoms with E-state index >= 15 is 0 Å². The predicted molar refractivity (Wildman–Crippen MR) is 112 cm³/mol. The number of carbonyl (C=O) groups excluding carboxylic acids is 1. The lowest BCUT2D eigenvalue weighted by Gasteiger charge is -2.38. The molecule has 1 amide bonds. The van der Waals surface area contributed by atoms with Crippen molar-refractivity contribution in [1.82, 2.24) is 10.3 Å². The number of methoxy groups -OCH3 is 1. The van der Waals surface area contributed by atoms with Crippen molar-refractivity contribution in [3.63, 3.8) is 0 Å². The largest absolute Gasteiger partial charge is 0.497 e. The second-order valence-electron chi connectivity index (χ2n) is 7.74. The third-order valence-corrected chi connectivity index (χ3v) is 5.72. The van der Waals surface area contributed by atoms with Crippen molar-refractivity contribution >= 4 is 16.8 Å². The van der Waals surface area contributed by atoms with E-state index in [1.165, 1.54) is 12.0 Å². The number of ether oxygens (including phenoxy) is 1. The van der Waals surface area contributed by atoms with Gasteiger partial charge in [-0.2, -0.15) is 0 Å². The number of rotatable bonds is 5. The molecule has 1 N–H and O–H groups in total. The lowest BCUT2D eigenvalue weighted by Crippen LogP contribution is -2.51. The van der Waals surface area contributed by atoms with Crippen LogP contribution in [0.3, 0.4) is 0 Å². The van der Waals surface area contributed by atoms with E-state index in [9.17, 15) is 4.79 Å². The summed E-state index contributed by atoms with van der Waals surface area (Å²) >= 11 is 0. The molecule has 0 spiro atoms. The number of hydrogen-bond acceptors (Lipinski definition) is 3. The van der Waals surface area contributed by atoms with Crippen molar-refractivity contribution in [2.24, 2.45) is 0 Å². The Hall–Kier alpha value is -2.88. The maximum Gasteiger partial charge on any atom is 0.253 e. The summed E-state index contributed by atoms with van der Waals surface area (Å²) in [5, 5.41) is 4.37. The molecular formula is C24H26N2O2. The Morgan fingerprint density at radius 3 is 2.71 bits per heavy atom. The molecule has 0 radical (unpaired) electrons. The van der Waals surface area contributed by atoms with E-state index < -0.39 is 0 Å². The second kappa shape index (κ2) is 8.01. The molecule has 1 heterocycles. The number of nitrogens with zero attached hydrogens (tertiary/aromatic N) is 1. The molecule has 0 bridgehead atoms. The van der Waals surface area contributed by atoms with Crippen LogP contribution >= 0.6 is 0 Å². The molecule has 28 heavy (non-hydrogen) atoms. The Bertz CT molecular complexity index is 977. The van der Waals surface area contributed by atoms with E-state index in [1.54, 1.807) is 13.3 Å². The fraction of sp³-hybridized carbons (Fsp3) is 0.333. The summed E-state index contributed by atoms with van der Waals surface area (Å²) in [4.78, 5) is 17.5. The van der Waals surface area contributed by atoms with Gasteiger partial charge in [-0.05, 0) is 49.1 Å². The van der Waals surface area contributed by atoms with Gasteiger partial charge in [-0.15, -0.1) is 0 Å². The van der Waals surface area contributed by atoms with Crippen molar-refractivity contribution < 1.29 is 9.53 Å². The van der Waals surface area contributed by atoms with Crippen LogP contribution in [-0.2, 0) is 6.42 Å². The van der Waals surface area contributed by atoms with E-state index in [-0.39, 0.29) is 11.4 Å². The number of para-hydroxylation sites is 1. The first-order valence-corrected chi connectivity index (χ1v) is 9.98. The number of hydrogen-bond donors (Lipinski definition) is 1. The topological polar surface area (TPSA) is 51.2 Å². The van der Waals surface area contributed by atoms with Gasteiger partial charge in [-0.25, -0.2) is 0 Å². The quantitative estimate of drug-likeness (QED) is 0.690. The zero-order chi connectivity index (χ0) is 19.4. The number of nitrogens with one attached hydrogen (secondary N) is 1. The predicted octanol–water partition coefficient (Wildman–Crippen LogP) is 4.92. The van der Waals surface area contributed by atoms with E-state index in [4.69, 9.17) is 4.74 Å². The van der Waals surface area contributed by atoms with Gasteiger partial charge in [0, 0.05) is 17.1 Å². The lowest BCUT2D eigenvalue weighted by atomic mass is 9.77. The van der Waals surface area contributed by atoms with Crippen LogP contribution in [0.5, 0.6) is 5.75 Å². The van der Waals surface area contributed by atoms with E-state index in [2.05, 4.69) is 22.4 Å². The molecule has 0 saturated heterocycles. The number of pyridine rings is 1. The van der Waals surface area contributed by atoms with Crippen LogP contribution in [0.15, 0.2) is 60.8 Å². The lowest BCUT2D eigenvalue weighted by molar-refractivity contribution is 0.0868. The second-order valence-corrected chi connectivity index (χ2v) is 7.74. The first-order valence-electron chi connectivity index (χ1n) is 9.98. The maximum atomic E-state index is 13.1. The molecule has 4 rings (SSSR count). The Kier molecular flexibility index (Phi) is 5.29. The molecule has 2 aromatic carbocycles. The summed E-state index contributed by atoms with van der Waals surface area (Å²) < 4.78 is 5.37. The van der Waals surface area contributed by atoms with E-state index in [1.807, 2.05) is 42.5 Å². The molecule has 0 aliphatic heterocycles. The fourth-order valence-corrected chi connectivity index (χ4v) is 4.26. The Labute approximate surface area is 165 Å². The van der Waals surface area contributed by atoms with Gasteiger partial charge in [0.25, 0.3) is 5.91 Å². The van der Waals surface area contributed by atoms with E-state index in [0.29, 0.717) is 5.56 Å². The van der Waals surface area contributed by atoms with Crippen molar-refractivity contribution in [3.05, 3.63) is 71.9 Å². The summed E-state index contributed by atoms with van der Waals surface area (Å²) in [6.07, 6.45) is 8.00. The first-order chi connectivity index (χ1) is 13.7. The number of carbonyl (C=O) groups is 1. The van der Waals surface area contributed by atoms with Gasteiger partial charge in [0.1, 0.15) is 5.75 Å². The third kappa shape index (κ3) is 4.01. The highest BCUT2D eigenvalue weighted by molar-refractivity contribution is 5.97. The molecule has 1 aliphatic rings. The van der Waals surface area contributed by atoms with Crippen LogP contribution in [0.4, 0.5) is 0 Å². The van der Waals surface area contributed by atoms with E-state index in [0.717, 1.165) is 48.8 Å². The zero-order valence-electron chi connectivity index (χ0n) is 16.3. The maximum absolute atomic E-state index is 13.1. The third-order valence-electron chi connectivity index (χ3n) is 5.72. The first kappa shape index (κ1) is 18.5. The summed E-state index contributed by atoms with van der Waals surface area (Å²) in [6, 6.07) is 18.0. The molecule has 4 heteroatoms. The number of benzene rings is 2. The van der Waals surface area contributed by atoms with Gasteiger partial charge in [-0.3, -0.25) is 9.78 Å². The Balaban J connectivity index is 1.58. The van der Waals surface area contributed by atoms with Gasteiger partial charge < -0.3 is 10.1 Å². The molecule has 0 atom stereocenters. The van der Waals surface area contributed by atoms with Crippen LogP contribution < -0.4 is 10.1 Å². The fourth-order valence-electron chi connectivity index (χ4n) is 4.26. The van der Waals surface area contributed by atoms with Crippen LogP contribution in [0.25, 0.3) is 10.9 Å². The zero-order valence-corrected chi connectivity index (χ0v) is 16.3. The normalized spacial score (nSPS) is 15.9. The van der Waals surface area contributed by atoms with Crippen molar-refractivity contribution in [3.8, 4) is 5.75 Å². The highest BCUT2D eigenvalue weighted by atomic mass is 16.5. The average Bonchev–Trinajstić information content (AvgIpc) is 2.74. The minimum absolute atomic E-state index is 0.0388.